The van der Waals surface area contributed by atoms with Crippen LogP contribution in [0.5, 0.6) is 0 Å². The number of aryl methyl sites for hydroxylation is 2. The smallest absolute Gasteiger partial charge is 0.253 e. The van der Waals surface area contributed by atoms with Crippen LogP contribution in [0, 0.1) is 5.82 Å². The fraction of sp³-hybridized carbons (Fsp3) is 0.450. The van der Waals surface area contributed by atoms with Gasteiger partial charge in [-0.3, -0.25) is 14.2 Å². The van der Waals surface area contributed by atoms with Gasteiger partial charge >= 0.3 is 0 Å². The van der Waals surface area contributed by atoms with Gasteiger partial charge in [0.05, 0.1) is 6.33 Å². The Kier molecular flexibility index (Phi) is 5.49. The number of carbonyl (C=O) groups is 1. The van der Waals surface area contributed by atoms with Crippen LogP contribution in [0.1, 0.15) is 44.4 Å². The number of hydrogen-bond acceptors (Lipinski definition) is 3. The van der Waals surface area contributed by atoms with Crippen LogP contribution in [0.2, 0.25) is 0 Å². The van der Waals surface area contributed by atoms with E-state index in [0.29, 0.717) is 0 Å². The number of benzene rings is 1. The molecule has 0 fully saturated rings. The summed E-state index contributed by atoms with van der Waals surface area (Å²) in [5, 5.41) is 0. The molecular weight excluding hydrogens is 333 g/mol. The zero-order valence-electron chi connectivity index (χ0n) is 15.2. The number of unbranched alkanes of at least 4 members (excludes halogenated alkanes) is 1. The Balaban J connectivity index is 1.81. The monoisotopic (exact) mass is 357 g/mol. The van der Waals surface area contributed by atoms with E-state index in [2.05, 4.69) is 11.9 Å². The SMILES string of the molecule is CCCCc1cc(=O)n(CC(=O)N2c3ccc(F)cc3CCC2C)cn1. The molecule has 0 aliphatic carbocycles. The molecule has 0 saturated heterocycles. The molecule has 1 atom stereocenters. The number of halogens is 1. The Labute approximate surface area is 152 Å². The lowest BCUT2D eigenvalue weighted by atomic mass is 9.96. The number of rotatable bonds is 5. The highest BCUT2D eigenvalue weighted by Crippen LogP contribution is 2.31. The molecule has 26 heavy (non-hydrogen) atoms. The van der Waals surface area contributed by atoms with E-state index >= 15 is 0 Å². The summed E-state index contributed by atoms with van der Waals surface area (Å²) in [6.45, 7) is 3.99. The Morgan fingerprint density at radius 2 is 2.15 bits per heavy atom. The normalized spacial score (nSPS) is 16.4. The molecule has 0 N–H and O–H groups in total. The van der Waals surface area contributed by atoms with Crippen molar-refractivity contribution in [1.82, 2.24) is 9.55 Å². The first-order valence-corrected chi connectivity index (χ1v) is 9.15. The maximum Gasteiger partial charge on any atom is 0.253 e. The zero-order valence-corrected chi connectivity index (χ0v) is 15.2. The van der Waals surface area contributed by atoms with Crippen LogP contribution in [0.25, 0.3) is 0 Å². The second-order valence-corrected chi connectivity index (χ2v) is 6.87. The summed E-state index contributed by atoms with van der Waals surface area (Å²) in [6.07, 6.45) is 5.75. The molecule has 6 heteroatoms. The van der Waals surface area contributed by atoms with Crippen molar-refractivity contribution in [2.24, 2.45) is 0 Å². The van der Waals surface area contributed by atoms with Crippen LogP contribution < -0.4 is 10.5 Å². The molecule has 1 aliphatic rings. The summed E-state index contributed by atoms with van der Waals surface area (Å²) in [6, 6.07) is 6.01. The molecule has 2 heterocycles. The van der Waals surface area contributed by atoms with Gasteiger partial charge in [-0.15, -0.1) is 0 Å². The molecule has 2 aromatic rings. The lowest BCUT2D eigenvalue weighted by Gasteiger charge is -2.35. The quantitative estimate of drug-likeness (QED) is 0.826. The minimum atomic E-state index is -0.297. The number of anilines is 1. The highest BCUT2D eigenvalue weighted by atomic mass is 19.1. The van der Waals surface area contributed by atoms with E-state index in [0.717, 1.165) is 49.0 Å². The summed E-state index contributed by atoms with van der Waals surface area (Å²) in [4.78, 5) is 31.1. The van der Waals surface area contributed by atoms with Crippen LogP contribution in [-0.4, -0.2) is 21.5 Å². The van der Waals surface area contributed by atoms with Gasteiger partial charge in [0.25, 0.3) is 5.56 Å². The van der Waals surface area contributed by atoms with Gasteiger partial charge in [-0.2, -0.15) is 0 Å². The highest BCUT2D eigenvalue weighted by molar-refractivity contribution is 5.95. The van der Waals surface area contributed by atoms with E-state index in [1.165, 1.54) is 29.1 Å². The van der Waals surface area contributed by atoms with E-state index in [9.17, 15) is 14.0 Å². The van der Waals surface area contributed by atoms with Crippen LogP contribution in [0.4, 0.5) is 10.1 Å². The second-order valence-electron chi connectivity index (χ2n) is 6.87. The van der Waals surface area contributed by atoms with E-state index < -0.39 is 0 Å². The minimum Gasteiger partial charge on any atom is -0.308 e. The van der Waals surface area contributed by atoms with Gasteiger partial charge in [-0.1, -0.05) is 13.3 Å². The molecule has 3 rings (SSSR count). The Bertz CT molecular complexity index is 862. The summed E-state index contributed by atoms with van der Waals surface area (Å²) < 4.78 is 14.8. The highest BCUT2D eigenvalue weighted by Gasteiger charge is 2.28. The first kappa shape index (κ1) is 18.3. The maximum atomic E-state index is 13.5. The topological polar surface area (TPSA) is 55.2 Å². The molecule has 5 nitrogen and oxygen atoms in total. The summed E-state index contributed by atoms with van der Waals surface area (Å²) >= 11 is 0. The van der Waals surface area contributed by atoms with Crippen molar-refractivity contribution >= 4 is 11.6 Å². The predicted octanol–water partition coefficient (Wildman–Crippen LogP) is 3.09. The first-order chi connectivity index (χ1) is 12.5. The number of fused-ring (bicyclic) bond motifs is 1. The fourth-order valence-electron chi connectivity index (χ4n) is 3.40. The summed E-state index contributed by atoms with van der Waals surface area (Å²) in [5.41, 5.74) is 2.10. The molecule has 0 saturated carbocycles. The van der Waals surface area contributed by atoms with Crippen molar-refractivity contribution in [3.05, 3.63) is 58.0 Å². The third-order valence-corrected chi connectivity index (χ3v) is 4.87. The Hall–Kier alpha value is -2.50. The summed E-state index contributed by atoms with van der Waals surface area (Å²) in [7, 11) is 0. The molecule has 138 valence electrons. The average molecular weight is 357 g/mol. The van der Waals surface area contributed by atoms with Gasteiger partial charge in [0.15, 0.2) is 0 Å². The van der Waals surface area contributed by atoms with Gasteiger partial charge in [-0.05, 0) is 56.4 Å². The van der Waals surface area contributed by atoms with Crippen molar-refractivity contribution in [2.75, 3.05) is 4.90 Å². The standard InChI is InChI=1S/C20H24FN3O2/c1-3-4-5-17-11-19(25)23(13-22-17)12-20(26)24-14(2)6-7-15-10-16(21)8-9-18(15)24/h8-11,13-14H,3-7,12H2,1-2H3. The third kappa shape index (κ3) is 3.84. The van der Waals surface area contributed by atoms with E-state index in [-0.39, 0.29) is 29.9 Å². The molecule has 1 aromatic heterocycles. The third-order valence-electron chi connectivity index (χ3n) is 4.87. The van der Waals surface area contributed by atoms with Crippen LogP contribution in [-0.2, 0) is 24.2 Å². The van der Waals surface area contributed by atoms with Gasteiger partial charge in [0.2, 0.25) is 5.91 Å². The number of aromatic nitrogens is 2. The van der Waals surface area contributed by atoms with Crippen molar-refractivity contribution in [1.29, 1.82) is 0 Å². The van der Waals surface area contributed by atoms with Crippen molar-refractivity contribution in [3.63, 3.8) is 0 Å². The first-order valence-electron chi connectivity index (χ1n) is 9.15. The molecule has 1 aromatic carbocycles. The number of hydrogen-bond donors (Lipinski definition) is 0. The number of carbonyl (C=O) groups excluding carboxylic acids is 1. The lowest BCUT2D eigenvalue weighted by Crippen LogP contribution is -2.44. The van der Waals surface area contributed by atoms with Crippen molar-refractivity contribution < 1.29 is 9.18 Å². The molecule has 1 amide bonds. The number of nitrogens with zero attached hydrogens (tertiary/aromatic N) is 3. The van der Waals surface area contributed by atoms with Crippen molar-refractivity contribution in [3.8, 4) is 0 Å². The van der Waals surface area contributed by atoms with E-state index in [1.54, 1.807) is 11.0 Å². The zero-order chi connectivity index (χ0) is 18.7. The molecule has 0 bridgehead atoms. The number of amides is 1. The molecular formula is C20H24FN3O2. The Morgan fingerprint density at radius 3 is 2.88 bits per heavy atom. The van der Waals surface area contributed by atoms with Crippen molar-refractivity contribution in [2.45, 2.75) is 58.5 Å². The second kappa shape index (κ2) is 7.81. The van der Waals surface area contributed by atoms with Gasteiger partial charge in [0, 0.05) is 23.5 Å². The molecule has 0 spiro atoms. The molecule has 1 unspecified atom stereocenters. The summed E-state index contributed by atoms with van der Waals surface area (Å²) in [5.74, 6) is -0.482. The molecule has 0 radical (unpaired) electrons. The minimum absolute atomic E-state index is 0.00736. The Morgan fingerprint density at radius 1 is 1.35 bits per heavy atom. The largest absolute Gasteiger partial charge is 0.308 e. The maximum absolute atomic E-state index is 13.5. The average Bonchev–Trinajstić information content (AvgIpc) is 2.62. The lowest BCUT2D eigenvalue weighted by molar-refractivity contribution is -0.119. The predicted molar refractivity (Wildman–Crippen MR) is 98.8 cm³/mol. The molecule has 1 aliphatic heterocycles. The van der Waals surface area contributed by atoms with Gasteiger partial charge in [0.1, 0.15) is 12.4 Å². The van der Waals surface area contributed by atoms with Gasteiger partial charge < -0.3 is 4.90 Å². The van der Waals surface area contributed by atoms with Crippen LogP contribution >= 0.6 is 0 Å². The van der Waals surface area contributed by atoms with Crippen LogP contribution in [0.15, 0.2) is 35.4 Å². The fourth-order valence-corrected chi connectivity index (χ4v) is 3.40. The van der Waals surface area contributed by atoms with Gasteiger partial charge in [-0.25, -0.2) is 9.37 Å². The van der Waals surface area contributed by atoms with E-state index in [1.807, 2.05) is 6.92 Å². The van der Waals surface area contributed by atoms with E-state index in [4.69, 9.17) is 0 Å². The van der Waals surface area contributed by atoms with Crippen LogP contribution in [0.3, 0.4) is 0 Å².